The fourth-order valence-corrected chi connectivity index (χ4v) is 3.66. The quantitative estimate of drug-likeness (QED) is 0.631. The smallest absolute Gasteiger partial charge is 0.234 e. The third kappa shape index (κ3) is 3.50. The Morgan fingerprint density at radius 3 is 2.72 bits per heavy atom. The van der Waals surface area contributed by atoms with Gasteiger partial charge in [-0.1, -0.05) is 43.7 Å². The summed E-state index contributed by atoms with van der Waals surface area (Å²) < 4.78 is 11.6. The number of methoxy groups -OCH3 is 1. The molecule has 132 valence electrons. The second-order valence-corrected chi connectivity index (χ2v) is 8.03. The molecule has 3 aromatic rings. The van der Waals surface area contributed by atoms with Gasteiger partial charge in [0.25, 0.3) is 0 Å². The van der Waals surface area contributed by atoms with E-state index in [4.69, 9.17) is 20.8 Å². The van der Waals surface area contributed by atoms with Gasteiger partial charge >= 0.3 is 0 Å². The number of carbonyl (C=O) groups is 1. The lowest BCUT2D eigenvalue weighted by molar-refractivity contribution is -0.126. The van der Waals surface area contributed by atoms with Gasteiger partial charge in [-0.25, -0.2) is 4.98 Å². The van der Waals surface area contributed by atoms with Gasteiger partial charge in [-0.3, -0.25) is 9.69 Å². The van der Waals surface area contributed by atoms with Crippen LogP contribution in [0.25, 0.3) is 10.2 Å². The molecule has 25 heavy (non-hydrogen) atoms. The molecule has 0 saturated heterocycles. The first-order chi connectivity index (χ1) is 11.8. The number of nitrogens with zero attached hydrogens (tertiary/aromatic N) is 2. The van der Waals surface area contributed by atoms with E-state index < -0.39 is 5.41 Å². The van der Waals surface area contributed by atoms with Gasteiger partial charge in [0.2, 0.25) is 5.91 Å². The molecular formula is C18H19ClN2O3S. The first kappa shape index (κ1) is 17.8. The van der Waals surface area contributed by atoms with Gasteiger partial charge < -0.3 is 9.15 Å². The Labute approximate surface area is 155 Å². The zero-order valence-corrected chi connectivity index (χ0v) is 16.1. The van der Waals surface area contributed by atoms with Crippen LogP contribution in [-0.2, 0) is 11.3 Å². The molecule has 0 bridgehead atoms. The van der Waals surface area contributed by atoms with Crippen molar-refractivity contribution in [2.45, 2.75) is 27.3 Å². The lowest BCUT2D eigenvalue weighted by atomic mass is 9.95. The molecule has 0 fully saturated rings. The molecule has 0 atom stereocenters. The van der Waals surface area contributed by atoms with Crippen molar-refractivity contribution in [3.05, 3.63) is 41.3 Å². The summed E-state index contributed by atoms with van der Waals surface area (Å²) in [6.07, 6.45) is 1.59. The van der Waals surface area contributed by atoms with Crippen molar-refractivity contribution < 1.29 is 13.9 Å². The number of hydrogen-bond acceptors (Lipinski definition) is 5. The molecule has 0 aliphatic carbocycles. The van der Waals surface area contributed by atoms with Crippen LogP contribution in [0, 0.1) is 5.41 Å². The van der Waals surface area contributed by atoms with Gasteiger partial charge in [0.1, 0.15) is 17.0 Å². The molecule has 0 radical (unpaired) electrons. The molecule has 1 amide bonds. The van der Waals surface area contributed by atoms with E-state index in [9.17, 15) is 4.79 Å². The summed E-state index contributed by atoms with van der Waals surface area (Å²) in [5, 5.41) is 1.15. The van der Waals surface area contributed by atoms with Crippen LogP contribution in [0.3, 0.4) is 0 Å². The number of carbonyl (C=O) groups excluding carboxylic acids is 1. The first-order valence-electron chi connectivity index (χ1n) is 7.78. The Morgan fingerprint density at radius 1 is 1.36 bits per heavy atom. The highest BCUT2D eigenvalue weighted by Crippen LogP contribution is 2.40. The number of benzene rings is 1. The van der Waals surface area contributed by atoms with Crippen LogP contribution in [0.5, 0.6) is 5.75 Å². The monoisotopic (exact) mass is 378 g/mol. The molecule has 0 aliphatic rings. The van der Waals surface area contributed by atoms with E-state index in [0.717, 1.165) is 4.70 Å². The molecule has 5 nitrogen and oxygen atoms in total. The maximum atomic E-state index is 13.0. The largest absolute Gasteiger partial charge is 0.494 e. The number of aromatic nitrogens is 1. The number of anilines is 1. The Kier molecular flexibility index (Phi) is 4.75. The summed E-state index contributed by atoms with van der Waals surface area (Å²) in [6, 6.07) is 7.18. The number of hydrogen-bond donors (Lipinski definition) is 0. The van der Waals surface area contributed by atoms with E-state index in [1.165, 1.54) is 11.3 Å². The van der Waals surface area contributed by atoms with Crippen LogP contribution in [0.1, 0.15) is 26.5 Å². The third-order valence-corrected chi connectivity index (χ3v) is 5.22. The molecule has 3 rings (SSSR count). The van der Waals surface area contributed by atoms with E-state index in [0.29, 0.717) is 33.7 Å². The van der Waals surface area contributed by atoms with Crippen molar-refractivity contribution in [3.63, 3.8) is 0 Å². The predicted octanol–water partition coefficient (Wildman–Crippen LogP) is 5.13. The summed E-state index contributed by atoms with van der Waals surface area (Å²) in [5.74, 6) is 1.27. The van der Waals surface area contributed by atoms with E-state index in [-0.39, 0.29) is 5.91 Å². The Bertz CT molecular complexity index is 897. The normalized spacial score (nSPS) is 11.7. The van der Waals surface area contributed by atoms with Gasteiger partial charge in [-0.15, -0.1) is 0 Å². The molecule has 0 saturated carbocycles. The minimum Gasteiger partial charge on any atom is -0.494 e. The molecule has 0 spiro atoms. The second kappa shape index (κ2) is 6.69. The van der Waals surface area contributed by atoms with Gasteiger partial charge in [-0.2, -0.15) is 0 Å². The number of amides is 1. The molecule has 0 N–H and O–H groups in total. The molecule has 7 heteroatoms. The van der Waals surface area contributed by atoms with Crippen LogP contribution >= 0.6 is 22.9 Å². The molecule has 0 aliphatic heterocycles. The number of ether oxygens (including phenoxy) is 1. The van der Waals surface area contributed by atoms with Gasteiger partial charge in [-0.05, 0) is 24.3 Å². The van der Waals surface area contributed by atoms with Crippen LogP contribution in [-0.4, -0.2) is 18.0 Å². The van der Waals surface area contributed by atoms with Gasteiger partial charge in [0.15, 0.2) is 5.13 Å². The average Bonchev–Trinajstić information content (AvgIpc) is 3.21. The van der Waals surface area contributed by atoms with Gasteiger partial charge in [0, 0.05) is 5.41 Å². The highest BCUT2D eigenvalue weighted by atomic mass is 35.5. The minimum absolute atomic E-state index is 0.0435. The Hall–Kier alpha value is -2.05. The standard InChI is InChI=1S/C18H19ClN2O3S/c1-18(2,3)16(22)21(10-11-6-5-9-24-11)17-20-14-13(23-4)8-7-12(19)15(14)25-17/h5-9H,10H2,1-4H3. The van der Waals surface area contributed by atoms with Crippen LogP contribution in [0.15, 0.2) is 34.9 Å². The minimum atomic E-state index is -0.557. The van der Waals surface area contributed by atoms with E-state index in [1.807, 2.05) is 26.8 Å². The zero-order valence-electron chi connectivity index (χ0n) is 14.5. The van der Waals surface area contributed by atoms with Gasteiger partial charge in [0.05, 0.1) is 29.6 Å². The fraction of sp³-hybridized carbons (Fsp3) is 0.333. The SMILES string of the molecule is COc1ccc(Cl)c2sc(N(Cc3ccco3)C(=O)C(C)(C)C)nc12. The Balaban J connectivity index is 2.11. The molecular weight excluding hydrogens is 360 g/mol. The third-order valence-electron chi connectivity index (χ3n) is 3.68. The van der Waals surface area contributed by atoms with Crippen molar-refractivity contribution in [3.8, 4) is 5.75 Å². The van der Waals surface area contributed by atoms with Crippen molar-refractivity contribution in [1.29, 1.82) is 0 Å². The Morgan fingerprint density at radius 2 is 2.12 bits per heavy atom. The summed E-state index contributed by atoms with van der Waals surface area (Å²) in [5.41, 5.74) is 0.0966. The van der Waals surface area contributed by atoms with Crippen LogP contribution < -0.4 is 9.64 Å². The summed E-state index contributed by atoms with van der Waals surface area (Å²) in [7, 11) is 1.59. The summed E-state index contributed by atoms with van der Waals surface area (Å²) in [6.45, 7) is 5.95. The zero-order chi connectivity index (χ0) is 18.2. The maximum Gasteiger partial charge on any atom is 0.234 e. The predicted molar refractivity (Wildman–Crippen MR) is 101 cm³/mol. The molecule has 1 aromatic carbocycles. The first-order valence-corrected chi connectivity index (χ1v) is 8.98. The van der Waals surface area contributed by atoms with Crippen molar-refractivity contribution in [1.82, 2.24) is 4.98 Å². The lowest BCUT2D eigenvalue weighted by Crippen LogP contribution is -2.39. The highest BCUT2D eigenvalue weighted by Gasteiger charge is 2.31. The topological polar surface area (TPSA) is 55.6 Å². The number of rotatable bonds is 4. The van der Waals surface area contributed by atoms with E-state index in [1.54, 1.807) is 36.5 Å². The number of thiazole rings is 1. The summed E-state index contributed by atoms with van der Waals surface area (Å²) in [4.78, 5) is 19.3. The van der Waals surface area contributed by atoms with E-state index >= 15 is 0 Å². The highest BCUT2D eigenvalue weighted by molar-refractivity contribution is 7.23. The number of furan rings is 1. The van der Waals surface area contributed by atoms with Crippen molar-refractivity contribution in [2.24, 2.45) is 5.41 Å². The van der Waals surface area contributed by atoms with Crippen LogP contribution in [0.4, 0.5) is 5.13 Å². The van der Waals surface area contributed by atoms with Crippen LogP contribution in [0.2, 0.25) is 5.02 Å². The molecule has 2 heterocycles. The lowest BCUT2D eigenvalue weighted by Gasteiger charge is -2.26. The van der Waals surface area contributed by atoms with Crippen molar-refractivity contribution >= 4 is 44.2 Å². The van der Waals surface area contributed by atoms with Crippen molar-refractivity contribution in [2.75, 3.05) is 12.0 Å². The molecule has 0 unspecified atom stereocenters. The number of halogens is 1. The number of fused-ring (bicyclic) bond motifs is 1. The molecule has 2 aromatic heterocycles. The summed E-state index contributed by atoms with van der Waals surface area (Å²) >= 11 is 7.68. The average molecular weight is 379 g/mol. The van der Waals surface area contributed by atoms with E-state index in [2.05, 4.69) is 4.98 Å². The second-order valence-electron chi connectivity index (χ2n) is 6.64. The maximum absolute atomic E-state index is 13.0. The fourth-order valence-electron chi connectivity index (χ4n) is 2.41.